The summed E-state index contributed by atoms with van der Waals surface area (Å²) >= 11 is 0. The number of nitrogens with one attached hydrogen (secondary N) is 1. The number of hydrogen-bond donors (Lipinski definition) is 4. The first kappa shape index (κ1) is 21.9. The van der Waals surface area contributed by atoms with Gasteiger partial charge in [-0.05, 0) is 31.0 Å². The Morgan fingerprint density at radius 2 is 1.73 bits per heavy atom. The summed E-state index contributed by atoms with van der Waals surface area (Å²) < 4.78 is 38.7. The number of unbranched alkanes of at least 4 members (excludes halogenated alkanes) is 4. The van der Waals surface area contributed by atoms with E-state index in [9.17, 15) is 28.2 Å². The minimum absolute atomic E-state index is 0.0802. The molecule has 1 rings (SSSR count). The minimum Gasteiger partial charge on any atom is -0.396 e. The molecule has 4 N–H and O–H groups in total. The summed E-state index contributed by atoms with van der Waals surface area (Å²) in [5.41, 5.74) is -2.11. The van der Waals surface area contributed by atoms with Crippen molar-refractivity contribution < 1.29 is 33.3 Å². The molecule has 0 saturated heterocycles. The summed E-state index contributed by atoms with van der Waals surface area (Å²) in [5, 5.41) is 39.0. The van der Waals surface area contributed by atoms with E-state index in [4.69, 9.17) is 10.4 Å². The van der Waals surface area contributed by atoms with E-state index in [-0.39, 0.29) is 18.7 Å². The highest BCUT2D eigenvalue weighted by molar-refractivity contribution is 5.95. The standard InChI is InChI=1S/C17H21F3N2O4/c18-17(19,20)14-10-13(7-6-12(14)11-21)22-15(24)16(25,26)8-4-2-1-3-5-9-23/h6-7,10,23,25-26H,1-5,8-9H2,(H,22,24). The molecule has 144 valence electrons. The fraction of sp³-hybridized carbons (Fsp3) is 0.529. The Morgan fingerprint density at radius 1 is 1.12 bits per heavy atom. The van der Waals surface area contributed by atoms with Crippen molar-refractivity contribution in [3.05, 3.63) is 29.3 Å². The molecule has 0 spiro atoms. The second-order valence-corrected chi connectivity index (χ2v) is 5.88. The molecular weight excluding hydrogens is 353 g/mol. The van der Waals surface area contributed by atoms with E-state index in [1.165, 1.54) is 6.07 Å². The summed E-state index contributed by atoms with van der Waals surface area (Å²) in [7, 11) is 0. The number of nitrogens with zero attached hydrogens (tertiary/aromatic N) is 1. The summed E-state index contributed by atoms with van der Waals surface area (Å²) in [6, 6.07) is 3.96. The lowest BCUT2D eigenvalue weighted by Gasteiger charge is -2.21. The van der Waals surface area contributed by atoms with Gasteiger partial charge in [0, 0.05) is 18.7 Å². The number of alkyl halides is 3. The predicted octanol–water partition coefficient (Wildman–Crippen LogP) is 2.53. The quantitative estimate of drug-likeness (QED) is 0.392. The van der Waals surface area contributed by atoms with Gasteiger partial charge in [-0.2, -0.15) is 18.4 Å². The van der Waals surface area contributed by atoms with Gasteiger partial charge in [0.2, 0.25) is 5.79 Å². The Balaban J connectivity index is 2.70. The van der Waals surface area contributed by atoms with Crippen LogP contribution in [-0.2, 0) is 11.0 Å². The summed E-state index contributed by atoms with van der Waals surface area (Å²) in [5.74, 6) is -3.96. The molecule has 1 aromatic carbocycles. The first-order chi connectivity index (χ1) is 12.1. The third kappa shape index (κ3) is 6.63. The number of hydrogen-bond acceptors (Lipinski definition) is 5. The highest BCUT2D eigenvalue weighted by atomic mass is 19.4. The van der Waals surface area contributed by atoms with Gasteiger partial charge in [-0.1, -0.05) is 19.3 Å². The molecule has 0 aliphatic heterocycles. The third-order valence-electron chi connectivity index (χ3n) is 3.75. The first-order valence-electron chi connectivity index (χ1n) is 8.10. The SMILES string of the molecule is N#Cc1ccc(NC(=O)C(O)(O)CCCCCCCO)cc1C(F)(F)F. The maximum atomic E-state index is 12.9. The zero-order valence-corrected chi connectivity index (χ0v) is 14.0. The molecule has 26 heavy (non-hydrogen) atoms. The molecule has 6 nitrogen and oxygen atoms in total. The molecule has 0 saturated carbocycles. The molecule has 0 aromatic heterocycles. The van der Waals surface area contributed by atoms with Crippen LogP contribution in [0.4, 0.5) is 18.9 Å². The topological polar surface area (TPSA) is 114 Å². The number of halogens is 3. The van der Waals surface area contributed by atoms with Crippen molar-refractivity contribution in [1.82, 2.24) is 0 Å². The van der Waals surface area contributed by atoms with E-state index in [2.05, 4.69) is 0 Å². The number of rotatable bonds is 9. The number of nitriles is 1. The largest absolute Gasteiger partial charge is 0.417 e. The van der Waals surface area contributed by atoms with E-state index < -0.39 is 29.0 Å². The van der Waals surface area contributed by atoms with Crippen molar-refractivity contribution in [2.45, 2.75) is 50.5 Å². The van der Waals surface area contributed by atoms with Crippen molar-refractivity contribution in [2.24, 2.45) is 0 Å². The van der Waals surface area contributed by atoms with Crippen LogP contribution in [0.15, 0.2) is 18.2 Å². The summed E-state index contributed by atoms with van der Waals surface area (Å²) in [4.78, 5) is 11.9. The van der Waals surface area contributed by atoms with Crippen molar-refractivity contribution in [1.29, 1.82) is 5.26 Å². The molecule has 0 bridgehead atoms. The van der Waals surface area contributed by atoms with Crippen LogP contribution in [0.2, 0.25) is 0 Å². The zero-order chi connectivity index (χ0) is 19.8. The van der Waals surface area contributed by atoms with E-state index in [1.54, 1.807) is 0 Å². The van der Waals surface area contributed by atoms with Gasteiger partial charge in [-0.3, -0.25) is 4.79 Å². The molecule has 1 amide bonds. The predicted molar refractivity (Wildman–Crippen MR) is 86.7 cm³/mol. The maximum Gasteiger partial charge on any atom is 0.417 e. The van der Waals surface area contributed by atoms with Crippen molar-refractivity contribution in [3.8, 4) is 6.07 Å². The molecular formula is C17H21F3N2O4. The molecule has 1 aromatic rings. The number of aliphatic hydroxyl groups is 3. The lowest BCUT2D eigenvalue weighted by atomic mass is 10.0. The van der Waals surface area contributed by atoms with E-state index in [0.29, 0.717) is 25.3 Å². The second kappa shape index (κ2) is 9.52. The van der Waals surface area contributed by atoms with E-state index >= 15 is 0 Å². The third-order valence-corrected chi connectivity index (χ3v) is 3.75. The van der Waals surface area contributed by atoms with Gasteiger partial charge in [0.1, 0.15) is 0 Å². The smallest absolute Gasteiger partial charge is 0.396 e. The average Bonchev–Trinajstić information content (AvgIpc) is 2.57. The highest BCUT2D eigenvalue weighted by Gasteiger charge is 2.35. The summed E-state index contributed by atoms with van der Waals surface area (Å²) in [6.45, 7) is 0.0802. The van der Waals surface area contributed by atoms with Crippen LogP contribution in [0, 0.1) is 11.3 Å². The van der Waals surface area contributed by atoms with Gasteiger partial charge < -0.3 is 20.6 Å². The van der Waals surface area contributed by atoms with Crippen LogP contribution in [0.5, 0.6) is 0 Å². The molecule has 0 aliphatic rings. The Bertz CT molecular complexity index is 654. The number of carbonyl (C=O) groups is 1. The van der Waals surface area contributed by atoms with Gasteiger partial charge in [-0.25, -0.2) is 0 Å². The van der Waals surface area contributed by atoms with Gasteiger partial charge in [0.05, 0.1) is 17.2 Å². The first-order valence-corrected chi connectivity index (χ1v) is 8.10. The van der Waals surface area contributed by atoms with Crippen LogP contribution >= 0.6 is 0 Å². The number of aliphatic hydroxyl groups excluding tert-OH is 1. The molecule has 0 fully saturated rings. The van der Waals surface area contributed by atoms with Gasteiger partial charge in [0.15, 0.2) is 0 Å². The number of amides is 1. The number of carbonyl (C=O) groups excluding carboxylic acids is 1. The molecule has 0 aliphatic carbocycles. The lowest BCUT2D eigenvalue weighted by molar-refractivity contribution is -0.182. The molecule has 0 radical (unpaired) electrons. The average molecular weight is 374 g/mol. The van der Waals surface area contributed by atoms with Crippen LogP contribution in [0.1, 0.15) is 49.7 Å². The summed E-state index contributed by atoms with van der Waals surface area (Å²) in [6.07, 6.45) is -1.94. The zero-order valence-electron chi connectivity index (χ0n) is 14.0. The minimum atomic E-state index is -4.78. The van der Waals surface area contributed by atoms with Crippen molar-refractivity contribution in [2.75, 3.05) is 11.9 Å². The maximum absolute atomic E-state index is 12.9. The highest BCUT2D eigenvalue weighted by Crippen LogP contribution is 2.33. The molecule has 0 atom stereocenters. The fourth-order valence-corrected chi connectivity index (χ4v) is 2.31. The van der Waals surface area contributed by atoms with Crippen LogP contribution in [0.25, 0.3) is 0 Å². The Hall–Kier alpha value is -2.15. The van der Waals surface area contributed by atoms with E-state index in [1.807, 2.05) is 5.32 Å². The fourth-order valence-electron chi connectivity index (χ4n) is 2.31. The normalized spacial score (nSPS) is 11.9. The molecule has 0 heterocycles. The van der Waals surface area contributed by atoms with Crippen LogP contribution in [0.3, 0.4) is 0 Å². The number of anilines is 1. The lowest BCUT2D eigenvalue weighted by Crippen LogP contribution is -2.42. The van der Waals surface area contributed by atoms with E-state index in [0.717, 1.165) is 25.0 Å². The molecule has 9 heteroatoms. The van der Waals surface area contributed by atoms with Crippen LogP contribution < -0.4 is 5.32 Å². The van der Waals surface area contributed by atoms with Gasteiger partial charge in [-0.15, -0.1) is 0 Å². The van der Waals surface area contributed by atoms with Crippen molar-refractivity contribution >= 4 is 11.6 Å². The second-order valence-electron chi connectivity index (χ2n) is 5.88. The molecule has 0 unspecified atom stereocenters. The van der Waals surface area contributed by atoms with Crippen molar-refractivity contribution in [3.63, 3.8) is 0 Å². The van der Waals surface area contributed by atoms with Crippen LogP contribution in [-0.4, -0.2) is 33.6 Å². The van der Waals surface area contributed by atoms with Gasteiger partial charge in [0.25, 0.3) is 5.91 Å². The number of benzene rings is 1. The monoisotopic (exact) mass is 374 g/mol. The Morgan fingerprint density at radius 3 is 2.31 bits per heavy atom. The Labute approximate surface area is 148 Å². The van der Waals surface area contributed by atoms with Gasteiger partial charge >= 0.3 is 6.18 Å². The Kier molecular flexibility index (Phi) is 8.02.